The molecule has 0 spiro atoms. The molecule has 0 aromatic heterocycles. The molecule has 0 unspecified atom stereocenters. The third kappa shape index (κ3) is 4.66. The molecule has 1 aromatic rings. The molecular formula is C12H16BrNO2. The largest absolute Gasteiger partial charge is 0.484 e. The molecule has 3 nitrogen and oxygen atoms in total. The third-order valence-electron chi connectivity index (χ3n) is 1.93. The molecule has 0 saturated carbocycles. The Morgan fingerprint density at radius 2 is 2.00 bits per heavy atom. The molecule has 0 heterocycles. The molecule has 1 rings (SSSR count). The Balaban J connectivity index is 2.36. The number of nitrogens with one attached hydrogen (secondary N) is 1. The zero-order valence-corrected chi connectivity index (χ0v) is 11.1. The van der Waals surface area contributed by atoms with Crippen molar-refractivity contribution in [3.05, 3.63) is 30.3 Å². The molecule has 88 valence electrons. The van der Waals surface area contributed by atoms with E-state index in [4.69, 9.17) is 4.74 Å². The Labute approximate surface area is 104 Å². The van der Waals surface area contributed by atoms with Gasteiger partial charge >= 0.3 is 0 Å². The normalized spacial score (nSPS) is 10.9. The van der Waals surface area contributed by atoms with Crippen LogP contribution in [-0.2, 0) is 4.79 Å². The molecule has 4 heteroatoms. The van der Waals surface area contributed by atoms with Gasteiger partial charge in [0.25, 0.3) is 5.91 Å². The van der Waals surface area contributed by atoms with Gasteiger partial charge in [-0.15, -0.1) is 0 Å². The maximum Gasteiger partial charge on any atom is 0.258 e. The van der Waals surface area contributed by atoms with Crippen LogP contribution in [0.1, 0.15) is 13.8 Å². The zero-order valence-electron chi connectivity index (χ0n) is 9.50. The predicted molar refractivity (Wildman–Crippen MR) is 68.0 cm³/mol. The number of halogens is 1. The summed E-state index contributed by atoms with van der Waals surface area (Å²) in [5.41, 5.74) is -0.253. The van der Waals surface area contributed by atoms with E-state index in [0.717, 1.165) is 0 Å². The van der Waals surface area contributed by atoms with E-state index in [1.807, 2.05) is 44.2 Å². The van der Waals surface area contributed by atoms with Gasteiger partial charge in [-0.05, 0) is 26.0 Å². The first-order valence-electron chi connectivity index (χ1n) is 5.08. The van der Waals surface area contributed by atoms with E-state index < -0.39 is 0 Å². The van der Waals surface area contributed by atoms with Gasteiger partial charge in [0.2, 0.25) is 0 Å². The van der Waals surface area contributed by atoms with Crippen molar-refractivity contribution >= 4 is 21.8 Å². The molecule has 1 aromatic carbocycles. The summed E-state index contributed by atoms with van der Waals surface area (Å²) in [5.74, 6) is 0.586. The number of hydrogen-bond acceptors (Lipinski definition) is 2. The van der Waals surface area contributed by atoms with Crippen molar-refractivity contribution in [3.8, 4) is 5.75 Å². The fourth-order valence-corrected chi connectivity index (χ4v) is 1.25. The standard InChI is InChI=1S/C12H16BrNO2/c1-12(2,9-13)14-11(15)8-16-10-6-4-3-5-7-10/h3-7H,8-9H2,1-2H3,(H,14,15). The smallest absolute Gasteiger partial charge is 0.258 e. The van der Waals surface area contributed by atoms with Gasteiger partial charge in [0.1, 0.15) is 5.75 Å². The molecule has 0 aliphatic heterocycles. The highest BCUT2D eigenvalue weighted by molar-refractivity contribution is 9.09. The van der Waals surface area contributed by atoms with Crippen LogP contribution in [0.5, 0.6) is 5.75 Å². The average Bonchev–Trinajstić information content (AvgIpc) is 2.27. The van der Waals surface area contributed by atoms with Crippen LogP contribution in [-0.4, -0.2) is 23.4 Å². The SMILES string of the molecule is CC(C)(CBr)NC(=O)COc1ccccc1. The van der Waals surface area contributed by atoms with Gasteiger partial charge in [-0.25, -0.2) is 0 Å². The van der Waals surface area contributed by atoms with Crippen molar-refractivity contribution in [1.82, 2.24) is 5.32 Å². The van der Waals surface area contributed by atoms with Crippen LogP contribution in [0, 0.1) is 0 Å². The van der Waals surface area contributed by atoms with Crippen molar-refractivity contribution in [1.29, 1.82) is 0 Å². The third-order valence-corrected chi connectivity index (χ3v) is 3.33. The fourth-order valence-electron chi connectivity index (χ4n) is 1.11. The summed E-state index contributed by atoms with van der Waals surface area (Å²) < 4.78 is 5.33. The van der Waals surface area contributed by atoms with Gasteiger partial charge in [0, 0.05) is 10.9 Å². The summed E-state index contributed by atoms with van der Waals surface area (Å²) in [6, 6.07) is 9.29. The highest BCUT2D eigenvalue weighted by atomic mass is 79.9. The second kappa shape index (κ2) is 5.89. The second-order valence-corrected chi connectivity index (χ2v) is 4.73. The minimum atomic E-state index is -0.253. The summed E-state index contributed by atoms with van der Waals surface area (Å²) in [5, 5.41) is 3.57. The molecular weight excluding hydrogens is 270 g/mol. The first kappa shape index (κ1) is 13.0. The maximum absolute atomic E-state index is 11.5. The summed E-state index contributed by atoms with van der Waals surface area (Å²) in [6.07, 6.45) is 0. The number of alkyl halides is 1. The van der Waals surface area contributed by atoms with Crippen molar-refractivity contribution < 1.29 is 9.53 Å². The van der Waals surface area contributed by atoms with Gasteiger partial charge in [-0.3, -0.25) is 4.79 Å². The lowest BCUT2D eigenvalue weighted by atomic mass is 10.1. The van der Waals surface area contributed by atoms with Crippen LogP contribution in [0.4, 0.5) is 0 Å². The predicted octanol–water partition coefficient (Wildman–Crippen LogP) is 2.36. The summed E-state index contributed by atoms with van der Waals surface area (Å²) >= 11 is 3.34. The number of benzene rings is 1. The number of hydrogen-bond donors (Lipinski definition) is 1. The van der Waals surface area contributed by atoms with E-state index >= 15 is 0 Å². The van der Waals surface area contributed by atoms with Crippen LogP contribution < -0.4 is 10.1 Å². The van der Waals surface area contributed by atoms with Gasteiger partial charge in [0.05, 0.1) is 0 Å². The molecule has 1 N–H and O–H groups in total. The lowest BCUT2D eigenvalue weighted by Gasteiger charge is -2.23. The topological polar surface area (TPSA) is 38.3 Å². The van der Waals surface area contributed by atoms with E-state index in [1.54, 1.807) is 0 Å². The maximum atomic E-state index is 11.5. The quantitative estimate of drug-likeness (QED) is 0.844. The monoisotopic (exact) mass is 285 g/mol. The van der Waals surface area contributed by atoms with E-state index in [2.05, 4.69) is 21.2 Å². The van der Waals surface area contributed by atoms with Crippen molar-refractivity contribution in [2.24, 2.45) is 0 Å². The van der Waals surface area contributed by atoms with E-state index in [-0.39, 0.29) is 18.1 Å². The van der Waals surface area contributed by atoms with Crippen LogP contribution in [0.25, 0.3) is 0 Å². The molecule has 0 saturated heterocycles. The molecule has 0 fully saturated rings. The number of ether oxygens (including phenoxy) is 1. The number of rotatable bonds is 5. The number of carbonyl (C=O) groups excluding carboxylic acids is 1. The summed E-state index contributed by atoms with van der Waals surface area (Å²) in [6.45, 7) is 3.94. The Kier molecular flexibility index (Phi) is 4.80. The molecule has 0 atom stereocenters. The molecule has 0 radical (unpaired) electrons. The van der Waals surface area contributed by atoms with Crippen molar-refractivity contribution in [2.75, 3.05) is 11.9 Å². The molecule has 16 heavy (non-hydrogen) atoms. The Hall–Kier alpha value is -1.03. The lowest BCUT2D eigenvalue weighted by Crippen LogP contribution is -2.46. The fraction of sp³-hybridized carbons (Fsp3) is 0.417. The highest BCUT2D eigenvalue weighted by Crippen LogP contribution is 2.09. The van der Waals surface area contributed by atoms with Gasteiger partial charge in [-0.1, -0.05) is 34.1 Å². The van der Waals surface area contributed by atoms with Crippen LogP contribution in [0.15, 0.2) is 30.3 Å². The lowest BCUT2D eigenvalue weighted by molar-refractivity contribution is -0.124. The van der Waals surface area contributed by atoms with Gasteiger partial charge in [0.15, 0.2) is 6.61 Å². The number of amides is 1. The Morgan fingerprint density at radius 3 is 2.56 bits per heavy atom. The van der Waals surface area contributed by atoms with Crippen LogP contribution >= 0.6 is 15.9 Å². The summed E-state index contributed by atoms with van der Waals surface area (Å²) in [4.78, 5) is 11.5. The first-order chi connectivity index (χ1) is 7.53. The average molecular weight is 286 g/mol. The molecule has 0 aliphatic rings. The van der Waals surface area contributed by atoms with E-state index in [9.17, 15) is 4.79 Å². The van der Waals surface area contributed by atoms with Crippen LogP contribution in [0.3, 0.4) is 0 Å². The molecule has 0 bridgehead atoms. The minimum absolute atomic E-state index is 0.0421. The number of carbonyl (C=O) groups is 1. The van der Waals surface area contributed by atoms with Gasteiger partial charge in [-0.2, -0.15) is 0 Å². The van der Waals surface area contributed by atoms with Crippen molar-refractivity contribution in [2.45, 2.75) is 19.4 Å². The van der Waals surface area contributed by atoms with Gasteiger partial charge < -0.3 is 10.1 Å². The van der Waals surface area contributed by atoms with E-state index in [1.165, 1.54) is 0 Å². The van der Waals surface area contributed by atoms with Crippen molar-refractivity contribution in [3.63, 3.8) is 0 Å². The molecule has 1 amide bonds. The summed E-state index contributed by atoms with van der Waals surface area (Å²) in [7, 11) is 0. The minimum Gasteiger partial charge on any atom is -0.484 e. The second-order valence-electron chi connectivity index (χ2n) is 4.17. The first-order valence-corrected chi connectivity index (χ1v) is 6.20. The zero-order chi connectivity index (χ0) is 12.0. The number of para-hydroxylation sites is 1. The Morgan fingerprint density at radius 1 is 1.38 bits per heavy atom. The van der Waals surface area contributed by atoms with E-state index in [0.29, 0.717) is 11.1 Å². The highest BCUT2D eigenvalue weighted by Gasteiger charge is 2.18. The molecule has 0 aliphatic carbocycles. The van der Waals surface area contributed by atoms with Crippen LogP contribution in [0.2, 0.25) is 0 Å². The Bertz CT molecular complexity index is 338.